The quantitative estimate of drug-likeness (QED) is 0.721. The Labute approximate surface area is 151 Å². The molecule has 4 rings (SSSR count). The molecule has 0 unspecified atom stereocenters. The van der Waals surface area contributed by atoms with Crippen molar-refractivity contribution in [3.63, 3.8) is 0 Å². The molecule has 0 aromatic carbocycles. The van der Waals surface area contributed by atoms with Gasteiger partial charge in [-0.3, -0.25) is 14.9 Å². The molecule has 1 aliphatic heterocycles. The summed E-state index contributed by atoms with van der Waals surface area (Å²) in [6.45, 7) is 5.05. The van der Waals surface area contributed by atoms with Gasteiger partial charge >= 0.3 is 0 Å². The SMILES string of the molecule is Cc1ncc(-c2nccnc2[C@@H]2CCCN(Cc3cscn3)C2)n1C. The van der Waals surface area contributed by atoms with Crippen molar-refractivity contribution in [3.05, 3.63) is 46.7 Å². The summed E-state index contributed by atoms with van der Waals surface area (Å²) in [7, 11) is 2.03. The molecule has 3 aromatic heterocycles. The number of hydrogen-bond donors (Lipinski definition) is 0. The lowest BCUT2D eigenvalue weighted by Gasteiger charge is -2.32. The number of thiazole rings is 1. The van der Waals surface area contributed by atoms with Gasteiger partial charge in [-0.15, -0.1) is 11.3 Å². The lowest BCUT2D eigenvalue weighted by Crippen LogP contribution is -2.34. The Bertz CT molecular complexity index is 841. The maximum atomic E-state index is 4.72. The second kappa shape index (κ2) is 7.01. The van der Waals surface area contributed by atoms with E-state index in [9.17, 15) is 0 Å². The van der Waals surface area contributed by atoms with Gasteiger partial charge < -0.3 is 4.57 Å². The topological polar surface area (TPSA) is 59.7 Å². The molecule has 3 aromatic rings. The molecule has 0 spiro atoms. The van der Waals surface area contributed by atoms with Crippen molar-refractivity contribution < 1.29 is 0 Å². The van der Waals surface area contributed by atoms with Crippen LogP contribution in [-0.2, 0) is 13.6 Å². The summed E-state index contributed by atoms with van der Waals surface area (Å²) in [6, 6.07) is 0. The van der Waals surface area contributed by atoms with Crippen molar-refractivity contribution in [2.24, 2.45) is 7.05 Å². The standard InChI is InChI=1S/C18H22N6S/c1-13-21-8-16(23(13)2)18-17(19-5-6-20-18)14-4-3-7-24(9-14)10-15-11-25-12-22-15/h5-6,8,11-12,14H,3-4,7,9-10H2,1-2H3/t14-/m1/s1. The highest BCUT2D eigenvalue weighted by atomic mass is 32.1. The molecule has 25 heavy (non-hydrogen) atoms. The third kappa shape index (κ3) is 3.34. The molecule has 4 heterocycles. The Hall–Kier alpha value is -2.12. The van der Waals surface area contributed by atoms with Gasteiger partial charge in [-0.05, 0) is 26.3 Å². The summed E-state index contributed by atoms with van der Waals surface area (Å²) in [5.74, 6) is 1.38. The molecular weight excluding hydrogens is 332 g/mol. The number of likely N-dealkylation sites (tertiary alicyclic amines) is 1. The third-order valence-electron chi connectivity index (χ3n) is 4.95. The number of aryl methyl sites for hydroxylation is 1. The van der Waals surface area contributed by atoms with Crippen molar-refractivity contribution in [1.29, 1.82) is 0 Å². The predicted molar refractivity (Wildman–Crippen MR) is 98.3 cm³/mol. The molecular formula is C18H22N6S. The molecule has 0 N–H and O–H groups in total. The van der Waals surface area contributed by atoms with E-state index in [1.165, 1.54) is 6.42 Å². The smallest absolute Gasteiger partial charge is 0.110 e. The zero-order valence-corrected chi connectivity index (χ0v) is 15.4. The lowest BCUT2D eigenvalue weighted by atomic mass is 9.92. The minimum Gasteiger partial charge on any atom is -0.330 e. The van der Waals surface area contributed by atoms with Gasteiger partial charge in [0.1, 0.15) is 11.5 Å². The van der Waals surface area contributed by atoms with E-state index in [1.807, 2.05) is 25.7 Å². The fraction of sp³-hybridized carbons (Fsp3) is 0.444. The largest absolute Gasteiger partial charge is 0.330 e. The average molecular weight is 354 g/mol. The van der Waals surface area contributed by atoms with Gasteiger partial charge in [-0.1, -0.05) is 0 Å². The Kier molecular flexibility index (Phi) is 4.59. The van der Waals surface area contributed by atoms with Gasteiger partial charge in [0, 0.05) is 43.8 Å². The van der Waals surface area contributed by atoms with Gasteiger partial charge in [0.15, 0.2) is 0 Å². The highest BCUT2D eigenvalue weighted by Gasteiger charge is 2.26. The van der Waals surface area contributed by atoms with Crippen LogP contribution in [0.25, 0.3) is 11.4 Å². The molecule has 0 bridgehead atoms. The van der Waals surface area contributed by atoms with Crippen LogP contribution in [0.5, 0.6) is 0 Å². The monoisotopic (exact) mass is 354 g/mol. The Morgan fingerprint density at radius 3 is 2.84 bits per heavy atom. The summed E-state index contributed by atoms with van der Waals surface area (Å²) >= 11 is 1.66. The van der Waals surface area contributed by atoms with Gasteiger partial charge in [-0.25, -0.2) is 9.97 Å². The molecule has 130 valence electrons. The first-order chi connectivity index (χ1) is 12.2. The normalized spacial score (nSPS) is 18.6. The van der Waals surface area contributed by atoms with Crippen LogP contribution in [0.4, 0.5) is 0 Å². The summed E-state index contributed by atoms with van der Waals surface area (Å²) in [6.07, 6.45) is 7.81. The molecule has 0 aliphatic carbocycles. The van der Waals surface area contributed by atoms with Crippen LogP contribution in [0.1, 0.15) is 36.0 Å². The number of imidazole rings is 1. The van der Waals surface area contributed by atoms with Crippen LogP contribution in [0.15, 0.2) is 29.5 Å². The molecule has 1 fully saturated rings. The minimum atomic E-state index is 0.395. The summed E-state index contributed by atoms with van der Waals surface area (Å²) in [5.41, 5.74) is 6.16. The molecule has 7 heteroatoms. The van der Waals surface area contributed by atoms with Crippen molar-refractivity contribution in [2.45, 2.75) is 32.2 Å². The van der Waals surface area contributed by atoms with E-state index >= 15 is 0 Å². The van der Waals surface area contributed by atoms with Crippen molar-refractivity contribution >= 4 is 11.3 Å². The maximum Gasteiger partial charge on any atom is 0.110 e. The average Bonchev–Trinajstić information content (AvgIpc) is 3.26. The summed E-state index contributed by atoms with van der Waals surface area (Å²) < 4.78 is 2.09. The van der Waals surface area contributed by atoms with E-state index in [4.69, 9.17) is 4.98 Å². The Morgan fingerprint density at radius 1 is 1.20 bits per heavy atom. The van der Waals surface area contributed by atoms with E-state index < -0.39 is 0 Å². The highest BCUT2D eigenvalue weighted by Crippen LogP contribution is 2.32. The first-order valence-corrected chi connectivity index (χ1v) is 9.55. The Morgan fingerprint density at radius 2 is 2.08 bits per heavy atom. The van der Waals surface area contributed by atoms with E-state index in [0.29, 0.717) is 5.92 Å². The van der Waals surface area contributed by atoms with Gasteiger partial charge in [0.05, 0.1) is 28.8 Å². The number of nitrogens with zero attached hydrogens (tertiary/aromatic N) is 6. The fourth-order valence-electron chi connectivity index (χ4n) is 3.53. The minimum absolute atomic E-state index is 0.395. The van der Waals surface area contributed by atoms with Crippen LogP contribution in [0, 0.1) is 6.92 Å². The summed E-state index contributed by atoms with van der Waals surface area (Å²) in [4.78, 5) is 20.7. The van der Waals surface area contributed by atoms with Crippen LogP contribution >= 0.6 is 11.3 Å². The first kappa shape index (κ1) is 16.4. The van der Waals surface area contributed by atoms with Crippen LogP contribution in [-0.4, -0.2) is 42.5 Å². The Balaban J connectivity index is 1.60. The number of aromatic nitrogens is 5. The van der Waals surface area contributed by atoms with E-state index in [-0.39, 0.29) is 0 Å². The maximum absolute atomic E-state index is 4.72. The second-order valence-corrected chi connectivity index (χ2v) is 7.31. The number of hydrogen-bond acceptors (Lipinski definition) is 6. The van der Waals surface area contributed by atoms with Crippen LogP contribution < -0.4 is 0 Å². The van der Waals surface area contributed by atoms with Crippen LogP contribution in [0.2, 0.25) is 0 Å². The van der Waals surface area contributed by atoms with E-state index in [0.717, 1.165) is 54.7 Å². The molecule has 0 saturated carbocycles. The van der Waals surface area contributed by atoms with Gasteiger partial charge in [0.25, 0.3) is 0 Å². The van der Waals surface area contributed by atoms with Crippen LogP contribution in [0.3, 0.4) is 0 Å². The molecule has 6 nitrogen and oxygen atoms in total. The molecule has 0 amide bonds. The zero-order valence-electron chi connectivity index (χ0n) is 14.6. The second-order valence-electron chi connectivity index (χ2n) is 6.59. The molecule has 0 radical (unpaired) electrons. The predicted octanol–water partition coefficient (Wildman–Crippen LogP) is 3.02. The molecule has 1 saturated heterocycles. The van der Waals surface area contributed by atoms with Crippen molar-refractivity contribution in [3.8, 4) is 11.4 Å². The van der Waals surface area contributed by atoms with Gasteiger partial charge in [0.2, 0.25) is 0 Å². The number of piperidine rings is 1. The third-order valence-corrected chi connectivity index (χ3v) is 5.59. The molecule has 1 aliphatic rings. The zero-order chi connectivity index (χ0) is 17.2. The first-order valence-electron chi connectivity index (χ1n) is 8.61. The van der Waals surface area contributed by atoms with E-state index in [1.54, 1.807) is 23.7 Å². The van der Waals surface area contributed by atoms with Crippen molar-refractivity contribution in [2.75, 3.05) is 13.1 Å². The molecule has 1 atom stereocenters. The summed E-state index contributed by atoms with van der Waals surface area (Å²) in [5, 5.41) is 2.13. The lowest BCUT2D eigenvalue weighted by molar-refractivity contribution is 0.197. The van der Waals surface area contributed by atoms with Crippen molar-refractivity contribution in [1.82, 2.24) is 29.4 Å². The van der Waals surface area contributed by atoms with Gasteiger partial charge in [-0.2, -0.15) is 0 Å². The number of rotatable bonds is 4. The highest BCUT2D eigenvalue weighted by molar-refractivity contribution is 7.07. The van der Waals surface area contributed by atoms with E-state index in [2.05, 4.69) is 29.8 Å². The fourth-order valence-corrected chi connectivity index (χ4v) is 4.08.